The van der Waals surface area contributed by atoms with Crippen LogP contribution in [0.3, 0.4) is 0 Å². The summed E-state index contributed by atoms with van der Waals surface area (Å²) in [5.41, 5.74) is 4.29. The number of carbonyl (C=O) groups is 1. The highest BCUT2D eigenvalue weighted by Gasteiger charge is 2.30. The van der Waals surface area contributed by atoms with E-state index in [1.54, 1.807) is 0 Å². The molecule has 0 saturated carbocycles. The van der Waals surface area contributed by atoms with Gasteiger partial charge in [-0.1, -0.05) is 6.07 Å². The average Bonchev–Trinajstić information content (AvgIpc) is 2.96. The molecule has 1 aromatic rings. The molecule has 114 valence electrons. The Kier molecular flexibility index (Phi) is 4.18. The number of fused-ring (bicyclic) bond motifs is 1. The van der Waals surface area contributed by atoms with E-state index < -0.39 is 0 Å². The van der Waals surface area contributed by atoms with Gasteiger partial charge in [0, 0.05) is 18.8 Å². The van der Waals surface area contributed by atoms with Crippen molar-refractivity contribution in [1.29, 1.82) is 0 Å². The van der Waals surface area contributed by atoms with Gasteiger partial charge >= 0.3 is 5.97 Å². The van der Waals surface area contributed by atoms with E-state index in [4.69, 9.17) is 4.74 Å². The lowest BCUT2D eigenvalue weighted by Gasteiger charge is -2.22. The van der Waals surface area contributed by atoms with E-state index >= 15 is 0 Å². The van der Waals surface area contributed by atoms with Gasteiger partial charge in [-0.3, -0.25) is 4.79 Å². The van der Waals surface area contributed by atoms with Gasteiger partial charge in [0.15, 0.2) is 0 Å². The summed E-state index contributed by atoms with van der Waals surface area (Å²) in [4.78, 5) is 14.4. The van der Waals surface area contributed by atoms with Gasteiger partial charge < -0.3 is 9.64 Å². The predicted octanol–water partition coefficient (Wildman–Crippen LogP) is 3.34. The van der Waals surface area contributed by atoms with Crippen LogP contribution in [0.2, 0.25) is 0 Å². The average molecular weight is 287 g/mol. The number of hydrogen-bond acceptors (Lipinski definition) is 3. The molecule has 21 heavy (non-hydrogen) atoms. The number of nitrogens with zero attached hydrogens (tertiary/aromatic N) is 1. The zero-order valence-electron chi connectivity index (χ0n) is 13.1. The molecule has 1 aromatic carbocycles. The van der Waals surface area contributed by atoms with Crippen LogP contribution in [0.15, 0.2) is 18.2 Å². The van der Waals surface area contributed by atoms with E-state index in [1.807, 2.05) is 13.8 Å². The van der Waals surface area contributed by atoms with E-state index in [9.17, 15) is 4.79 Å². The number of esters is 1. The number of benzene rings is 1. The minimum atomic E-state index is -0.0366. The van der Waals surface area contributed by atoms with E-state index in [0.29, 0.717) is 0 Å². The maximum absolute atomic E-state index is 12.0. The Morgan fingerprint density at radius 3 is 2.76 bits per heavy atom. The Labute approximate surface area is 127 Å². The topological polar surface area (TPSA) is 29.5 Å². The molecule has 0 N–H and O–H groups in total. The van der Waals surface area contributed by atoms with Gasteiger partial charge in [0.05, 0.1) is 12.0 Å². The predicted molar refractivity (Wildman–Crippen MR) is 84.6 cm³/mol. The monoisotopic (exact) mass is 287 g/mol. The number of anilines is 1. The van der Waals surface area contributed by atoms with Gasteiger partial charge in [0.25, 0.3) is 0 Å². The minimum Gasteiger partial charge on any atom is -0.463 e. The summed E-state index contributed by atoms with van der Waals surface area (Å²) in [6.07, 6.45) is 5.94. The highest BCUT2D eigenvalue weighted by atomic mass is 16.5. The van der Waals surface area contributed by atoms with Crippen molar-refractivity contribution >= 4 is 11.7 Å². The molecule has 1 aliphatic heterocycles. The lowest BCUT2D eigenvalue weighted by Crippen LogP contribution is -2.25. The van der Waals surface area contributed by atoms with Crippen molar-refractivity contribution in [2.24, 2.45) is 5.92 Å². The van der Waals surface area contributed by atoms with Crippen LogP contribution >= 0.6 is 0 Å². The SMILES string of the molecule is CC(C)OC(=O)C1CCN(c2ccc3c(c2)CCCC3)C1. The van der Waals surface area contributed by atoms with Gasteiger partial charge in [-0.05, 0) is 69.2 Å². The van der Waals surface area contributed by atoms with Crippen LogP contribution in [0.1, 0.15) is 44.2 Å². The summed E-state index contributed by atoms with van der Waals surface area (Å²) in [7, 11) is 0. The second-order valence-electron chi connectivity index (χ2n) is 6.58. The largest absolute Gasteiger partial charge is 0.463 e. The molecule has 0 amide bonds. The van der Waals surface area contributed by atoms with Crippen LogP contribution in [-0.4, -0.2) is 25.2 Å². The Balaban J connectivity index is 1.67. The molecule has 0 aromatic heterocycles. The molecule has 1 heterocycles. The zero-order valence-corrected chi connectivity index (χ0v) is 13.1. The van der Waals surface area contributed by atoms with Gasteiger partial charge in [-0.15, -0.1) is 0 Å². The molecule has 1 saturated heterocycles. The molecule has 0 radical (unpaired) electrons. The summed E-state index contributed by atoms with van der Waals surface area (Å²) in [5, 5.41) is 0. The van der Waals surface area contributed by atoms with Crippen molar-refractivity contribution < 1.29 is 9.53 Å². The second kappa shape index (κ2) is 6.08. The molecule has 0 spiro atoms. The number of hydrogen-bond donors (Lipinski definition) is 0. The minimum absolute atomic E-state index is 0.0182. The van der Waals surface area contributed by atoms with Crippen molar-refractivity contribution in [1.82, 2.24) is 0 Å². The first kappa shape index (κ1) is 14.4. The fourth-order valence-corrected chi connectivity index (χ4v) is 3.43. The molecule has 0 bridgehead atoms. The van der Waals surface area contributed by atoms with E-state index in [1.165, 1.54) is 42.5 Å². The van der Waals surface area contributed by atoms with Gasteiger partial charge in [-0.25, -0.2) is 0 Å². The smallest absolute Gasteiger partial charge is 0.311 e. The van der Waals surface area contributed by atoms with Crippen LogP contribution in [0.5, 0.6) is 0 Å². The van der Waals surface area contributed by atoms with Crippen molar-refractivity contribution in [2.45, 2.75) is 52.1 Å². The summed E-state index contributed by atoms with van der Waals surface area (Å²) >= 11 is 0. The standard InChI is InChI=1S/C18H25NO2/c1-13(2)21-18(20)16-9-10-19(12-16)17-8-7-14-5-3-4-6-15(14)11-17/h7-8,11,13,16H,3-6,9-10,12H2,1-2H3. The number of rotatable bonds is 3. The molecule has 3 rings (SSSR count). The lowest BCUT2D eigenvalue weighted by atomic mass is 9.91. The van der Waals surface area contributed by atoms with Crippen LogP contribution in [0, 0.1) is 5.92 Å². The molecule has 3 heteroatoms. The summed E-state index contributed by atoms with van der Waals surface area (Å²) in [5.74, 6) is -0.00566. The van der Waals surface area contributed by atoms with Crippen LogP contribution < -0.4 is 4.90 Å². The van der Waals surface area contributed by atoms with E-state index in [0.717, 1.165) is 19.5 Å². The Morgan fingerprint density at radius 1 is 1.24 bits per heavy atom. The molecule has 1 unspecified atom stereocenters. The van der Waals surface area contributed by atoms with Gasteiger partial charge in [0.2, 0.25) is 0 Å². The normalized spacial score (nSPS) is 21.5. The van der Waals surface area contributed by atoms with Crippen molar-refractivity contribution in [3.63, 3.8) is 0 Å². The second-order valence-corrected chi connectivity index (χ2v) is 6.58. The molecular weight excluding hydrogens is 262 g/mol. The maximum atomic E-state index is 12.0. The number of ether oxygens (including phenoxy) is 1. The molecule has 2 aliphatic rings. The Hall–Kier alpha value is -1.51. The fraction of sp³-hybridized carbons (Fsp3) is 0.611. The Morgan fingerprint density at radius 2 is 2.00 bits per heavy atom. The lowest BCUT2D eigenvalue weighted by molar-refractivity contribution is -0.151. The van der Waals surface area contributed by atoms with Crippen molar-refractivity contribution in [2.75, 3.05) is 18.0 Å². The third kappa shape index (κ3) is 3.22. The number of aryl methyl sites for hydroxylation is 2. The van der Waals surface area contributed by atoms with Crippen molar-refractivity contribution in [3.8, 4) is 0 Å². The van der Waals surface area contributed by atoms with E-state index in [-0.39, 0.29) is 18.0 Å². The highest BCUT2D eigenvalue weighted by molar-refractivity contribution is 5.74. The summed E-state index contributed by atoms with van der Waals surface area (Å²) in [6.45, 7) is 5.57. The summed E-state index contributed by atoms with van der Waals surface area (Å²) in [6, 6.07) is 6.84. The maximum Gasteiger partial charge on any atom is 0.311 e. The Bertz CT molecular complexity index is 524. The first-order valence-electron chi connectivity index (χ1n) is 8.21. The molecular formula is C18H25NO2. The van der Waals surface area contributed by atoms with Gasteiger partial charge in [-0.2, -0.15) is 0 Å². The molecule has 1 fully saturated rings. The van der Waals surface area contributed by atoms with Crippen LogP contribution in [0.4, 0.5) is 5.69 Å². The first-order chi connectivity index (χ1) is 10.1. The zero-order chi connectivity index (χ0) is 14.8. The fourth-order valence-electron chi connectivity index (χ4n) is 3.43. The first-order valence-corrected chi connectivity index (χ1v) is 8.21. The summed E-state index contributed by atoms with van der Waals surface area (Å²) < 4.78 is 5.34. The van der Waals surface area contributed by atoms with Gasteiger partial charge in [0.1, 0.15) is 0 Å². The molecule has 3 nitrogen and oxygen atoms in total. The third-order valence-electron chi connectivity index (χ3n) is 4.57. The quantitative estimate of drug-likeness (QED) is 0.799. The number of carbonyl (C=O) groups excluding carboxylic acids is 1. The molecule has 1 aliphatic carbocycles. The third-order valence-corrected chi connectivity index (χ3v) is 4.57. The molecule has 1 atom stereocenters. The van der Waals surface area contributed by atoms with Crippen LogP contribution in [-0.2, 0) is 22.4 Å². The van der Waals surface area contributed by atoms with Crippen LogP contribution in [0.25, 0.3) is 0 Å². The van der Waals surface area contributed by atoms with E-state index in [2.05, 4.69) is 23.1 Å². The highest BCUT2D eigenvalue weighted by Crippen LogP contribution is 2.29. The van der Waals surface area contributed by atoms with Crippen molar-refractivity contribution in [3.05, 3.63) is 29.3 Å².